The summed E-state index contributed by atoms with van der Waals surface area (Å²) < 4.78 is 12.4. The molecule has 0 saturated carbocycles. The van der Waals surface area contributed by atoms with Crippen LogP contribution in [-0.2, 0) is 22.6 Å². The van der Waals surface area contributed by atoms with Gasteiger partial charge in [-0.2, -0.15) is 5.10 Å². The predicted molar refractivity (Wildman–Crippen MR) is 66.9 cm³/mol. The molecule has 1 unspecified atom stereocenters. The molecule has 0 aliphatic rings. The molecular weight excluding hydrogens is 218 g/mol. The third kappa shape index (κ3) is 4.85. The molecular formula is C12H23N3O2. The minimum absolute atomic E-state index is 0.0996. The second-order valence-corrected chi connectivity index (χ2v) is 3.99. The summed E-state index contributed by atoms with van der Waals surface area (Å²) in [5.74, 6) is 0. The standard InChI is InChI=1S/C12H23N3O2/c1-4-7-15-11(5-6-14-15)8-13-9-12(17-3)10-16-2/h5-6,12-13H,4,7-10H2,1-3H3. The first kappa shape index (κ1) is 14.2. The molecule has 0 spiro atoms. The summed E-state index contributed by atoms with van der Waals surface area (Å²) in [6.45, 7) is 5.32. The third-order valence-electron chi connectivity index (χ3n) is 2.60. The maximum atomic E-state index is 5.28. The van der Waals surface area contributed by atoms with Crippen LogP contribution in [0.2, 0.25) is 0 Å². The molecule has 0 aliphatic carbocycles. The Hall–Kier alpha value is -0.910. The first-order chi connectivity index (χ1) is 8.31. The fraction of sp³-hybridized carbons (Fsp3) is 0.750. The van der Waals surface area contributed by atoms with Gasteiger partial charge in [-0.1, -0.05) is 6.92 Å². The van der Waals surface area contributed by atoms with Crippen LogP contribution < -0.4 is 5.32 Å². The van der Waals surface area contributed by atoms with Crippen molar-refractivity contribution in [3.63, 3.8) is 0 Å². The highest BCUT2D eigenvalue weighted by molar-refractivity contribution is 4.99. The number of aryl methyl sites for hydroxylation is 1. The molecule has 0 fully saturated rings. The van der Waals surface area contributed by atoms with E-state index in [4.69, 9.17) is 9.47 Å². The molecule has 98 valence electrons. The van der Waals surface area contributed by atoms with Gasteiger partial charge in [-0.25, -0.2) is 0 Å². The first-order valence-corrected chi connectivity index (χ1v) is 6.05. The zero-order valence-corrected chi connectivity index (χ0v) is 11.0. The van der Waals surface area contributed by atoms with E-state index in [1.54, 1.807) is 14.2 Å². The van der Waals surface area contributed by atoms with Crippen LogP contribution in [-0.4, -0.2) is 43.3 Å². The van der Waals surface area contributed by atoms with Gasteiger partial charge in [0.25, 0.3) is 0 Å². The fourth-order valence-corrected chi connectivity index (χ4v) is 1.68. The average molecular weight is 241 g/mol. The minimum Gasteiger partial charge on any atom is -0.382 e. The lowest BCUT2D eigenvalue weighted by Gasteiger charge is -2.15. The molecule has 1 aromatic heterocycles. The van der Waals surface area contributed by atoms with Crippen molar-refractivity contribution < 1.29 is 9.47 Å². The Kier molecular flexibility index (Phi) is 6.84. The van der Waals surface area contributed by atoms with Gasteiger partial charge in [-0.05, 0) is 12.5 Å². The number of methoxy groups -OCH3 is 2. The number of rotatable bonds is 9. The number of aromatic nitrogens is 2. The van der Waals surface area contributed by atoms with Gasteiger partial charge in [-0.3, -0.25) is 4.68 Å². The van der Waals surface area contributed by atoms with Gasteiger partial charge >= 0.3 is 0 Å². The number of nitrogens with zero attached hydrogens (tertiary/aromatic N) is 2. The summed E-state index contributed by atoms with van der Waals surface area (Å²) in [4.78, 5) is 0. The maximum absolute atomic E-state index is 5.28. The largest absolute Gasteiger partial charge is 0.382 e. The Morgan fingerprint density at radius 3 is 2.94 bits per heavy atom. The van der Waals surface area contributed by atoms with Gasteiger partial charge in [0.1, 0.15) is 0 Å². The highest BCUT2D eigenvalue weighted by Gasteiger charge is 2.07. The lowest BCUT2D eigenvalue weighted by molar-refractivity contribution is 0.0287. The average Bonchev–Trinajstić information content (AvgIpc) is 2.76. The SMILES string of the molecule is CCCn1nccc1CNCC(COC)OC. The zero-order chi connectivity index (χ0) is 12.5. The molecule has 1 rings (SSSR count). The molecule has 5 nitrogen and oxygen atoms in total. The van der Waals surface area contributed by atoms with E-state index in [0.29, 0.717) is 6.61 Å². The van der Waals surface area contributed by atoms with E-state index in [1.165, 1.54) is 5.69 Å². The van der Waals surface area contributed by atoms with Crippen LogP contribution in [0.1, 0.15) is 19.0 Å². The van der Waals surface area contributed by atoms with E-state index >= 15 is 0 Å². The van der Waals surface area contributed by atoms with Crippen LogP contribution in [0.3, 0.4) is 0 Å². The topological polar surface area (TPSA) is 48.3 Å². The summed E-state index contributed by atoms with van der Waals surface area (Å²) in [7, 11) is 3.38. The van der Waals surface area contributed by atoms with Gasteiger partial charge in [0.2, 0.25) is 0 Å². The first-order valence-electron chi connectivity index (χ1n) is 6.05. The lowest BCUT2D eigenvalue weighted by atomic mass is 10.3. The van der Waals surface area contributed by atoms with E-state index in [2.05, 4.69) is 17.3 Å². The second-order valence-electron chi connectivity index (χ2n) is 3.99. The van der Waals surface area contributed by atoms with Crippen molar-refractivity contribution in [3.05, 3.63) is 18.0 Å². The second kappa shape index (κ2) is 8.22. The van der Waals surface area contributed by atoms with Gasteiger partial charge in [0.05, 0.1) is 18.4 Å². The third-order valence-corrected chi connectivity index (χ3v) is 2.60. The van der Waals surface area contributed by atoms with Crippen LogP contribution in [0.5, 0.6) is 0 Å². The smallest absolute Gasteiger partial charge is 0.0928 e. The Morgan fingerprint density at radius 2 is 2.29 bits per heavy atom. The van der Waals surface area contributed by atoms with Crippen molar-refractivity contribution in [1.82, 2.24) is 15.1 Å². The molecule has 5 heteroatoms. The summed E-state index contributed by atoms with van der Waals surface area (Å²) in [6.07, 6.45) is 3.04. The van der Waals surface area contributed by atoms with Crippen molar-refractivity contribution in [3.8, 4) is 0 Å². The van der Waals surface area contributed by atoms with E-state index in [0.717, 1.165) is 26.1 Å². The number of nitrogens with one attached hydrogen (secondary N) is 1. The Bertz CT molecular complexity index is 302. The Balaban J connectivity index is 2.31. The van der Waals surface area contributed by atoms with Crippen molar-refractivity contribution in [2.45, 2.75) is 32.5 Å². The van der Waals surface area contributed by atoms with E-state index in [9.17, 15) is 0 Å². The normalized spacial score (nSPS) is 12.9. The lowest BCUT2D eigenvalue weighted by Crippen LogP contribution is -2.32. The maximum Gasteiger partial charge on any atom is 0.0928 e. The number of ether oxygens (including phenoxy) is 2. The van der Waals surface area contributed by atoms with Crippen molar-refractivity contribution >= 4 is 0 Å². The molecule has 0 amide bonds. The molecule has 1 aromatic rings. The monoisotopic (exact) mass is 241 g/mol. The Labute approximate surface area is 103 Å². The van der Waals surface area contributed by atoms with Crippen LogP contribution in [0.4, 0.5) is 0 Å². The van der Waals surface area contributed by atoms with E-state index in [1.807, 2.05) is 16.9 Å². The summed E-state index contributed by atoms with van der Waals surface area (Å²) in [5, 5.41) is 7.64. The van der Waals surface area contributed by atoms with Gasteiger partial charge in [0.15, 0.2) is 0 Å². The summed E-state index contributed by atoms with van der Waals surface area (Å²) in [6, 6.07) is 2.04. The Morgan fingerprint density at radius 1 is 1.47 bits per heavy atom. The van der Waals surface area contributed by atoms with Gasteiger partial charge in [0, 0.05) is 40.1 Å². The van der Waals surface area contributed by atoms with Crippen LogP contribution in [0.15, 0.2) is 12.3 Å². The molecule has 1 heterocycles. The molecule has 17 heavy (non-hydrogen) atoms. The van der Waals surface area contributed by atoms with Crippen LogP contribution in [0.25, 0.3) is 0 Å². The molecule has 1 atom stereocenters. The molecule has 0 aliphatic heterocycles. The highest BCUT2D eigenvalue weighted by atomic mass is 16.5. The predicted octanol–water partition coefficient (Wildman–Crippen LogP) is 1.04. The minimum atomic E-state index is 0.0996. The highest BCUT2D eigenvalue weighted by Crippen LogP contribution is 2.00. The zero-order valence-electron chi connectivity index (χ0n) is 11.0. The van der Waals surface area contributed by atoms with E-state index in [-0.39, 0.29) is 6.10 Å². The fourth-order valence-electron chi connectivity index (χ4n) is 1.68. The molecule has 0 bridgehead atoms. The molecule has 1 N–H and O–H groups in total. The van der Waals surface area contributed by atoms with Crippen molar-refractivity contribution in [2.75, 3.05) is 27.4 Å². The number of hydrogen-bond donors (Lipinski definition) is 1. The summed E-state index contributed by atoms with van der Waals surface area (Å²) in [5.41, 5.74) is 1.21. The van der Waals surface area contributed by atoms with Gasteiger partial charge < -0.3 is 14.8 Å². The van der Waals surface area contributed by atoms with Crippen molar-refractivity contribution in [2.24, 2.45) is 0 Å². The quantitative estimate of drug-likeness (QED) is 0.702. The van der Waals surface area contributed by atoms with Gasteiger partial charge in [-0.15, -0.1) is 0 Å². The molecule has 0 saturated heterocycles. The molecule has 0 aromatic carbocycles. The van der Waals surface area contributed by atoms with Crippen molar-refractivity contribution in [1.29, 1.82) is 0 Å². The van der Waals surface area contributed by atoms with Crippen LogP contribution in [0, 0.1) is 0 Å². The van der Waals surface area contributed by atoms with E-state index < -0.39 is 0 Å². The van der Waals surface area contributed by atoms with Crippen LogP contribution >= 0.6 is 0 Å². The molecule has 0 radical (unpaired) electrons. The number of hydrogen-bond acceptors (Lipinski definition) is 4. The summed E-state index contributed by atoms with van der Waals surface area (Å²) >= 11 is 0.